The molecule has 2 aromatic heterocycles. The summed E-state index contributed by atoms with van der Waals surface area (Å²) in [6, 6.07) is 7.23. The molecule has 0 spiro atoms. The van der Waals surface area contributed by atoms with E-state index in [-0.39, 0.29) is 17.6 Å². The van der Waals surface area contributed by atoms with E-state index in [1.54, 1.807) is 12.3 Å². The van der Waals surface area contributed by atoms with E-state index in [4.69, 9.17) is 9.47 Å². The van der Waals surface area contributed by atoms with Gasteiger partial charge in [0.2, 0.25) is 5.56 Å². The fraction of sp³-hybridized carbons (Fsp3) is 0.182. The van der Waals surface area contributed by atoms with Gasteiger partial charge < -0.3 is 14.5 Å². The van der Waals surface area contributed by atoms with Gasteiger partial charge in [-0.05, 0) is 35.4 Å². The Bertz CT molecular complexity index is 1410. The number of ether oxygens (including phenoxy) is 2. The largest absolute Gasteiger partial charge is 0.493 e. The second-order valence-electron chi connectivity index (χ2n) is 7.22. The molecule has 2 heterocycles. The van der Waals surface area contributed by atoms with Gasteiger partial charge in [-0.1, -0.05) is 12.1 Å². The number of aromatic amines is 2. The number of halogens is 6. The maximum absolute atomic E-state index is 13.4. The maximum atomic E-state index is 13.4. The molecular weight excluding hydrogens is 468 g/mol. The molecule has 178 valence electrons. The molecule has 34 heavy (non-hydrogen) atoms. The number of benzene rings is 2. The van der Waals surface area contributed by atoms with Gasteiger partial charge in [0, 0.05) is 23.2 Å². The summed E-state index contributed by atoms with van der Waals surface area (Å²) in [4.78, 5) is 14.5. The van der Waals surface area contributed by atoms with Crippen molar-refractivity contribution in [3.8, 4) is 22.6 Å². The van der Waals surface area contributed by atoms with Crippen LogP contribution in [0.3, 0.4) is 0 Å². The Labute approximate surface area is 187 Å². The number of nitrogens with zero attached hydrogens (tertiary/aromatic N) is 1. The summed E-state index contributed by atoms with van der Waals surface area (Å²) >= 11 is 0. The molecule has 0 bridgehead atoms. The van der Waals surface area contributed by atoms with Crippen molar-refractivity contribution in [1.82, 2.24) is 15.2 Å². The Morgan fingerprint density at radius 3 is 2.38 bits per heavy atom. The van der Waals surface area contributed by atoms with E-state index in [0.717, 1.165) is 6.07 Å². The molecule has 6 nitrogen and oxygen atoms in total. The lowest BCUT2D eigenvalue weighted by Gasteiger charge is -2.17. The fourth-order valence-corrected chi connectivity index (χ4v) is 3.44. The lowest BCUT2D eigenvalue weighted by atomic mass is 10.0. The minimum atomic E-state index is -5.01. The minimum absolute atomic E-state index is 0.0577. The second-order valence-corrected chi connectivity index (χ2v) is 7.22. The van der Waals surface area contributed by atoms with Crippen molar-refractivity contribution in [2.24, 2.45) is 0 Å². The van der Waals surface area contributed by atoms with Crippen molar-refractivity contribution in [1.29, 1.82) is 0 Å². The highest BCUT2D eigenvalue weighted by molar-refractivity contribution is 5.92. The van der Waals surface area contributed by atoms with Crippen LogP contribution in [0.1, 0.15) is 16.7 Å². The third-order valence-electron chi connectivity index (χ3n) is 5.05. The van der Waals surface area contributed by atoms with Crippen LogP contribution in [0.25, 0.3) is 22.2 Å². The zero-order chi connectivity index (χ0) is 24.7. The van der Waals surface area contributed by atoms with Gasteiger partial charge in [0.15, 0.2) is 17.1 Å². The van der Waals surface area contributed by atoms with Crippen LogP contribution in [0, 0.1) is 0 Å². The third-order valence-corrected chi connectivity index (χ3v) is 5.05. The van der Waals surface area contributed by atoms with E-state index in [1.165, 1.54) is 25.3 Å². The van der Waals surface area contributed by atoms with Crippen molar-refractivity contribution in [3.05, 3.63) is 75.7 Å². The summed E-state index contributed by atoms with van der Waals surface area (Å²) < 4.78 is 89.5. The molecule has 0 saturated carbocycles. The summed E-state index contributed by atoms with van der Waals surface area (Å²) in [5, 5.41) is 7.21. The molecule has 0 amide bonds. The van der Waals surface area contributed by atoms with E-state index in [0.29, 0.717) is 28.2 Å². The summed E-state index contributed by atoms with van der Waals surface area (Å²) in [7, 11) is 1.32. The van der Waals surface area contributed by atoms with Crippen LogP contribution < -0.4 is 15.0 Å². The Morgan fingerprint density at radius 1 is 0.941 bits per heavy atom. The SMILES string of the molecule is COc1cc(-c2cc(=O)[nH]c3n[nH]cc23)ccc1OCc1ccc(C(F)(F)F)cc1C(F)(F)F. The molecule has 0 aliphatic rings. The van der Waals surface area contributed by atoms with Gasteiger partial charge in [-0.3, -0.25) is 9.89 Å². The van der Waals surface area contributed by atoms with Gasteiger partial charge in [-0.2, -0.15) is 31.4 Å². The highest BCUT2D eigenvalue weighted by atomic mass is 19.4. The number of hydrogen-bond acceptors (Lipinski definition) is 4. The Balaban J connectivity index is 1.66. The number of fused-ring (bicyclic) bond motifs is 1. The van der Waals surface area contributed by atoms with Crippen molar-refractivity contribution >= 4 is 11.0 Å². The van der Waals surface area contributed by atoms with Crippen LogP contribution in [0.5, 0.6) is 11.5 Å². The summed E-state index contributed by atoms with van der Waals surface area (Å²) in [5.74, 6) is 0.211. The minimum Gasteiger partial charge on any atom is -0.493 e. The predicted molar refractivity (Wildman–Crippen MR) is 109 cm³/mol. The van der Waals surface area contributed by atoms with Crippen LogP contribution in [0.2, 0.25) is 0 Å². The summed E-state index contributed by atoms with van der Waals surface area (Å²) in [6.45, 7) is -0.653. The first-order valence-electron chi connectivity index (χ1n) is 9.62. The summed E-state index contributed by atoms with van der Waals surface area (Å²) in [6.07, 6.45) is -8.34. The number of pyridine rings is 1. The van der Waals surface area contributed by atoms with E-state index in [2.05, 4.69) is 15.2 Å². The zero-order valence-corrected chi connectivity index (χ0v) is 17.3. The van der Waals surface area contributed by atoms with Crippen LogP contribution in [0.15, 0.2) is 53.5 Å². The first kappa shape index (κ1) is 23.2. The van der Waals surface area contributed by atoms with E-state index in [9.17, 15) is 31.1 Å². The number of aromatic nitrogens is 3. The van der Waals surface area contributed by atoms with Gasteiger partial charge in [-0.15, -0.1) is 0 Å². The van der Waals surface area contributed by atoms with Crippen LogP contribution in [-0.2, 0) is 19.0 Å². The lowest BCUT2D eigenvalue weighted by Crippen LogP contribution is -2.14. The number of H-pyrrole nitrogens is 2. The summed E-state index contributed by atoms with van der Waals surface area (Å²) in [5.41, 5.74) is -2.30. The van der Waals surface area contributed by atoms with Crippen LogP contribution in [0.4, 0.5) is 26.3 Å². The van der Waals surface area contributed by atoms with E-state index >= 15 is 0 Å². The number of nitrogens with one attached hydrogen (secondary N) is 2. The smallest absolute Gasteiger partial charge is 0.416 e. The van der Waals surface area contributed by atoms with Crippen molar-refractivity contribution in [2.45, 2.75) is 19.0 Å². The van der Waals surface area contributed by atoms with Crippen molar-refractivity contribution in [2.75, 3.05) is 7.11 Å². The number of methoxy groups -OCH3 is 1. The highest BCUT2D eigenvalue weighted by Gasteiger charge is 2.38. The van der Waals surface area contributed by atoms with E-state index < -0.39 is 41.2 Å². The van der Waals surface area contributed by atoms with Crippen LogP contribution >= 0.6 is 0 Å². The second kappa shape index (κ2) is 8.43. The Hall–Kier alpha value is -3.96. The molecule has 12 heteroatoms. The normalized spacial score (nSPS) is 12.2. The third kappa shape index (κ3) is 4.56. The zero-order valence-electron chi connectivity index (χ0n) is 17.3. The van der Waals surface area contributed by atoms with Crippen molar-refractivity contribution in [3.63, 3.8) is 0 Å². The molecular formula is C22H15F6N3O3. The highest BCUT2D eigenvalue weighted by Crippen LogP contribution is 2.39. The van der Waals surface area contributed by atoms with E-state index in [1.807, 2.05) is 0 Å². The molecule has 2 N–H and O–H groups in total. The molecule has 4 aromatic rings. The van der Waals surface area contributed by atoms with Gasteiger partial charge in [-0.25, -0.2) is 0 Å². The molecule has 0 aliphatic carbocycles. The number of rotatable bonds is 5. The molecule has 4 rings (SSSR count). The molecule has 0 unspecified atom stereocenters. The standard InChI is InChI=1S/C22H15F6N3O3/c1-33-18-6-11(14-8-19(32)30-20-15(14)9-29-31-20)3-5-17(18)34-10-12-2-4-13(21(23,24)25)7-16(12)22(26,27)28/h2-9H,10H2,1H3,(H2,29,30,31,32). The quantitative estimate of drug-likeness (QED) is 0.365. The predicted octanol–water partition coefficient (Wildman–Crippen LogP) is 5.54. The maximum Gasteiger partial charge on any atom is 0.416 e. The molecule has 0 saturated heterocycles. The first-order valence-corrected chi connectivity index (χ1v) is 9.62. The number of alkyl halides is 6. The average Bonchev–Trinajstić information content (AvgIpc) is 3.24. The van der Waals surface area contributed by atoms with Crippen molar-refractivity contribution < 1.29 is 35.8 Å². The monoisotopic (exact) mass is 483 g/mol. The fourth-order valence-electron chi connectivity index (χ4n) is 3.44. The van der Waals surface area contributed by atoms with Gasteiger partial charge in [0.25, 0.3) is 0 Å². The van der Waals surface area contributed by atoms with Gasteiger partial charge >= 0.3 is 12.4 Å². The molecule has 0 aliphatic heterocycles. The Kier molecular flexibility index (Phi) is 5.75. The molecule has 0 radical (unpaired) electrons. The molecule has 0 fully saturated rings. The lowest BCUT2D eigenvalue weighted by molar-refractivity contribution is -0.143. The average molecular weight is 483 g/mol. The van der Waals surface area contributed by atoms with Gasteiger partial charge in [0.05, 0.1) is 18.2 Å². The molecule has 0 atom stereocenters. The Morgan fingerprint density at radius 2 is 1.71 bits per heavy atom. The molecule has 2 aromatic carbocycles. The van der Waals surface area contributed by atoms with Crippen LogP contribution in [-0.4, -0.2) is 22.3 Å². The topological polar surface area (TPSA) is 80.0 Å². The number of hydrogen-bond donors (Lipinski definition) is 2. The first-order chi connectivity index (χ1) is 16.0. The van der Waals surface area contributed by atoms with Gasteiger partial charge in [0.1, 0.15) is 6.61 Å².